The van der Waals surface area contributed by atoms with E-state index in [9.17, 15) is 9.59 Å². The molecule has 1 unspecified atom stereocenters. The molecular weight excluding hydrogens is 450 g/mol. The van der Waals surface area contributed by atoms with Crippen molar-refractivity contribution in [2.45, 2.75) is 40.0 Å². The van der Waals surface area contributed by atoms with Gasteiger partial charge in [0.2, 0.25) is 11.8 Å². The van der Waals surface area contributed by atoms with Crippen molar-refractivity contribution in [1.29, 1.82) is 0 Å². The Morgan fingerprint density at radius 1 is 0.944 bits per heavy atom. The first kappa shape index (κ1) is 24.0. The van der Waals surface area contributed by atoms with Crippen molar-refractivity contribution in [3.8, 4) is 11.3 Å². The number of amides is 2. The number of piperidine rings is 1. The van der Waals surface area contributed by atoms with Crippen LogP contribution in [0.25, 0.3) is 11.3 Å². The van der Waals surface area contributed by atoms with Gasteiger partial charge in [0.05, 0.1) is 11.6 Å². The lowest BCUT2D eigenvalue weighted by molar-refractivity contribution is -0.122. The highest BCUT2D eigenvalue weighted by molar-refractivity contribution is 6.03. The van der Waals surface area contributed by atoms with Crippen molar-refractivity contribution in [2.24, 2.45) is 11.8 Å². The van der Waals surface area contributed by atoms with Crippen LogP contribution in [-0.2, 0) is 9.59 Å². The summed E-state index contributed by atoms with van der Waals surface area (Å²) in [7, 11) is 0. The number of benzene rings is 2. The number of nitrogens with one attached hydrogen (secondary N) is 1. The Balaban J connectivity index is 1.19. The maximum absolute atomic E-state index is 12.9. The standard InChI is InChI=1S/C29H33N5O2/c1-19-12-14-33(15-13-19)27-11-10-26(31-32-27)22-5-7-24(8-6-22)30-29(36)23-17-28(35)34(18-23)25-9-4-20(2)21(3)16-25/h4-11,16,19,23H,12-15,17-18H2,1-3H3,(H,30,36). The summed E-state index contributed by atoms with van der Waals surface area (Å²) in [5.41, 5.74) is 5.61. The molecule has 0 radical (unpaired) electrons. The molecule has 3 heterocycles. The van der Waals surface area contributed by atoms with Gasteiger partial charge in [0.25, 0.3) is 0 Å². The average Bonchev–Trinajstić information content (AvgIpc) is 3.28. The maximum atomic E-state index is 12.9. The van der Waals surface area contributed by atoms with Crippen LogP contribution in [0.5, 0.6) is 0 Å². The lowest BCUT2D eigenvalue weighted by atomic mass is 9.99. The molecular formula is C29H33N5O2. The summed E-state index contributed by atoms with van der Waals surface area (Å²) in [5, 5.41) is 11.8. The summed E-state index contributed by atoms with van der Waals surface area (Å²) in [4.78, 5) is 29.5. The molecule has 1 aromatic heterocycles. The molecule has 7 nitrogen and oxygen atoms in total. The van der Waals surface area contributed by atoms with Crippen LogP contribution in [0, 0.1) is 25.7 Å². The third-order valence-corrected chi connectivity index (χ3v) is 7.50. The fourth-order valence-corrected chi connectivity index (χ4v) is 4.88. The van der Waals surface area contributed by atoms with Gasteiger partial charge in [0, 0.05) is 43.0 Å². The molecule has 0 bridgehead atoms. The van der Waals surface area contributed by atoms with E-state index < -0.39 is 0 Å². The Kier molecular flexibility index (Phi) is 6.72. The average molecular weight is 484 g/mol. The van der Waals surface area contributed by atoms with Gasteiger partial charge in [-0.1, -0.05) is 25.1 Å². The topological polar surface area (TPSA) is 78.4 Å². The molecule has 0 saturated carbocycles. The van der Waals surface area contributed by atoms with E-state index in [1.165, 1.54) is 18.4 Å². The normalized spacial score (nSPS) is 18.5. The van der Waals surface area contributed by atoms with Gasteiger partial charge < -0.3 is 15.1 Å². The van der Waals surface area contributed by atoms with Gasteiger partial charge in [-0.3, -0.25) is 9.59 Å². The van der Waals surface area contributed by atoms with Gasteiger partial charge in [-0.2, -0.15) is 0 Å². The molecule has 7 heteroatoms. The predicted octanol–water partition coefficient (Wildman–Crippen LogP) is 4.99. The van der Waals surface area contributed by atoms with Gasteiger partial charge in [-0.15, -0.1) is 10.2 Å². The fraction of sp³-hybridized carbons (Fsp3) is 0.379. The molecule has 0 aliphatic carbocycles. The third-order valence-electron chi connectivity index (χ3n) is 7.50. The zero-order valence-electron chi connectivity index (χ0n) is 21.2. The van der Waals surface area contributed by atoms with Gasteiger partial charge in [-0.25, -0.2) is 0 Å². The van der Waals surface area contributed by atoms with Gasteiger partial charge >= 0.3 is 0 Å². The summed E-state index contributed by atoms with van der Waals surface area (Å²) in [6.45, 7) is 8.82. The van der Waals surface area contributed by atoms with E-state index in [-0.39, 0.29) is 24.2 Å². The number of nitrogens with zero attached hydrogens (tertiary/aromatic N) is 4. The first-order valence-corrected chi connectivity index (χ1v) is 12.7. The Morgan fingerprint density at radius 2 is 1.69 bits per heavy atom. The lowest BCUT2D eigenvalue weighted by Crippen LogP contribution is -2.33. The number of aryl methyl sites for hydroxylation is 2. The van der Waals surface area contributed by atoms with Gasteiger partial charge in [-0.05, 0) is 80.1 Å². The van der Waals surface area contributed by atoms with Crippen LogP contribution in [0.15, 0.2) is 54.6 Å². The van der Waals surface area contributed by atoms with E-state index in [1.54, 1.807) is 4.90 Å². The van der Waals surface area contributed by atoms with Crippen molar-refractivity contribution < 1.29 is 9.59 Å². The van der Waals surface area contributed by atoms with E-state index >= 15 is 0 Å². The van der Waals surface area contributed by atoms with Crippen LogP contribution in [0.2, 0.25) is 0 Å². The molecule has 5 rings (SSSR count). The number of hydrogen-bond acceptors (Lipinski definition) is 5. The summed E-state index contributed by atoms with van der Waals surface area (Å²) >= 11 is 0. The van der Waals surface area contributed by atoms with Gasteiger partial charge in [0.15, 0.2) is 5.82 Å². The minimum Gasteiger partial charge on any atom is -0.355 e. The number of hydrogen-bond donors (Lipinski definition) is 1. The second-order valence-corrected chi connectivity index (χ2v) is 10.2. The van der Waals surface area contributed by atoms with E-state index in [4.69, 9.17) is 0 Å². The number of rotatable bonds is 5. The first-order valence-electron chi connectivity index (χ1n) is 12.7. The molecule has 2 aromatic carbocycles. The van der Waals surface area contributed by atoms with Crippen LogP contribution in [-0.4, -0.2) is 41.6 Å². The summed E-state index contributed by atoms with van der Waals surface area (Å²) in [6.07, 6.45) is 2.60. The quantitative estimate of drug-likeness (QED) is 0.553. The highest BCUT2D eigenvalue weighted by Gasteiger charge is 2.35. The predicted molar refractivity (Wildman–Crippen MR) is 143 cm³/mol. The molecule has 1 N–H and O–H groups in total. The number of anilines is 3. The highest BCUT2D eigenvalue weighted by Crippen LogP contribution is 2.28. The molecule has 186 valence electrons. The molecule has 2 amide bonds. The van der Waals surface area contributed by atoms with Crippen molar-refractivity contribution in [2.75, 3.05) is 34.8 Å². The van der Waals surface area contributed by atoms with Crippen LogP contribution < -0.4 is 15.1 Å². The molecule has 2 aliphatic heterocycles. The molecule has 2 saturated heterocycles. The van der Waals surface area contributed by atoms with E-state index in [1.807, 2.05) is 68.4 Å². The number of carbonyl (C=O) groups is 2. The fourth-order valence-electron chi connectivity index (χ4n) is 4.88. The maximum Gasteiger partial charge on any atom is 0.229 e. The van der Waals surface area contributed by atoms with Crippen molar-refractivity contribution >= 4 is 29.0 Å². The second-order valence-electron chi connectivity index (χ2n) is 10.2. The Morgan fingerprint density at radius 3 is 2.36 bits per heavy atom. The minimum atomic E-state index is -0.380. The van der Waals surface area contributed by atoms with Crippen LogP contribution in [0.1, 0.15) is 37.3 Å². The van der Waals surface area contributed by atoms with Crippen LogP contribution in [0.3, 0.4) is 0 Å². The largest absolute Gasteiger partial charge is 0.355 e. The summed E-state index contributed by atoms with van der Waals surface area (Å²) in [5.74, 6) is 1.17. The van der Waals surface area contributed by atoms with Crippen LogP contribution >= 0.6 is 0 Å². The highest BCUT2D eigenvalue weighted by atomic mass is 16.2. The van der Waals surface area contributed by atoms with Gasteiger partial charge in [0.1, 0.15) is 0 Å². The molecule has 2 fully saturated rings. The molecule has 36 heavy (non-hydrogen) atoms. The Hall–Kier alpha value is -3.74. The Labute approximate surface area is 212 Å². The minimum absolute atomic E-state index is 0.0187. The van der Waals surface area contributed by atoms with E-state index in [0.717, 1.165) is 47.3 Å². The number of carbonyl (C=O) groups excluding carboxylic acids is 2. The molecule has 0 spiro atoms. The first-order chi connectivity index (χ1) is 17.4. The zero-order chi connectivity index (χ0) is 25.2. The SMILES string of the molecule is Cc1ccc(N2CC(C(=O)Nc3ccc(-c4ccc(N5CCC(C)CC5)nn4)cc3)CC2=O)cc1C. The monoisotopic (exact) mass is 483 g/mol. The third kappa shape index (κ3) is 5.10. The smallest absolute Gasteiger partial charge is 0.229 e. The van der Waals surface area contributed by atoms with Crippen molar-refractivity contribution in [3.63, 3.8) is 0 Å². The zero-order valence-corrected chi connectivity index (χ0v) is 21.2. The van der Waals surface area contributed by atoms with Crippen molar-refractivity contribution in [1.82, 2.24) is 10.2 Å². The van der Waals surface area contributed by atoms with Crippen LogP contribution in [0.4, 0.5) is 17.2 Å². The molecule has 1 atom stereocenters. The number of aromatic nitrogens is 2. The lowest BCUT2D eigenvalue weighted by Gasteiger charge is -2.30. The summed E-state index contributed by atoms with van der Waals surface area (Å²) in [6, 6.07) is 17.6. The van der Waals surface area contributed by atoms with E-state index in [0.29, 0.717) is 12.2 Å². The van der Waals surface area contributed by atoms with Crippen molar-refractivity contribution in [3.05, 3.63) is 65.7 Å². The molecule has 3 aromatic rings. The Bertz CT molecular complexity index is 1250. The second kappa shape index (κ2) is 10.1. The van der Waals surface area contributed by atoms with E-state index in [2.05, 4.69) is 27.3 Å². The summed E-state index contributed by atoms with van der Waals surface area (Å²) < 4.78 is 0. The molecule has 2 aliphatic rings.